The topological polar surface area (TPSA) is 98.5 Å². The van der Waals surface area contributed by atoms with E-state index in [4.69, 9.17) is 9.84 Å². The normalized spacial score (nSPS) is 11.5. The second kappa shape index (κ2) is 9.72. The van der Waals surface area contributed by atoms with Crippen LogP contribution in [0.25, 0.3) is 22.2 Å². The van der Waals surface area contributed by atoms with Gasteiger partial charge < -0.3 is 24.5 Å². The summed E-state index contributed by atoms with van der Waals surface area (Å²) in [6.45, 7) is 2.58. The van der Waals surface area contributed by atoms with Gasteiger partial charge in [0.1, 0.15) is 35.0 Å². The fourth-order valence-corrected chi connectivity index (χ4v) is 3.88. The number of aromatic nitrogens is 3. The molecule has 0 atom stereocenters. The second-order valence-corrected chi connectivity index (χ2v) is 7.73. The molecule has 0 saturated carbocycles. The van der Waals surface area contributed by atoms with E-state index in [0.29, 0.717) is 35.6 Å². The number of carboxylic acids is 1. The number of methoxy groups -OCH3 is 1. The van der Waals surface area contributed by atoms with E-state index < -0.39 is 23.6 Å². The lowest BCUT2D eigenvalue weighted by atomic mass is 10.1. The monoisotopic (exact) mass is 504 g/mol. The van der Waals surface area contributed by atoms with E-state index in [-0.39, 0.29) is 17.1 Å². The molecule has 8 nitrogen and oxygen atoms in total. The molecule has 0 aliphatic heterocycles. The van der Waals surface area contributed by atoms with Crippen LogP contribution in [0.1, 0.15) is 16.1 Å². The molecule has 4 aromatic rings. The molecular weight excluding hydrogens is 484 g/mol. The number of carboxylic acid groups (broad SMARTS) is 1. The van der Waals surface area contributed by atoms with Crippen molar-refractivity contribution in [1.82, 2.24) is 14.5 Å². The quantitative estimate of drug-likeness (QED) is 0.316. The summed E-state index contributed by atoms with van der Waals surface area (Å²) in [5.74, 6) is -1.87. The first-order chi connectivity index (χ1) is 17.1. The largest absolute Gasteiger partial charge is 0.573 e. The molecule has 0 amide bonds. The van der Waals surface area contributed by atoms with Gasteiger partial charge >= 0.3 is 12.3 Å². The van der Waals surface area contributed by atoms with E-state index in [9.17, 15) is 22.4 Å². The summed E-state index contributed by atoms with van der Waals surface area (Å²) in [6.07, 6.45) is -3.85. The van der Waals surface area contributed by atoms with Crippen molar-refractivity contribution in [3.63, 3.8) is 0 Å². The highest BCUT2D eigenvalue weighted by Crippen LogP contribution is 2.32. The van der Waals surface area contributed by atoms with Gasteiger partial charge in [-0.1, -0.05) is 6.07 Å². The molecule has 12 heteroatoms. The average Bonchev–Trinajstić information content (AvgIpc) is 3.15. The number of ether oxygens (including phenoxy) is 2. The van der Waals surface area contributed by atoms with Gasteiger partial charge in [-0.05, 0) is 37.3 Å². The molecule has 0 unspecified atom stereocenters. The number of halogens is 4. The van der Waals surface area contributed by atoms with Crippen molar-refractivity contribution in [3.05, 3.63) is 65.9 Å². The molecular formula is C24H20F4N4O4. The zero-order chi connectivity index (χ0) is 26.0. The maximum atomic E-state index is 14.5. The zero-order valence-electron chi connectivity index (χ0n) is 19.1. The van der Waals surface area contributed by atoms with Crippen LogP contribution in [0.4, 0.5) is 23.4 Å². The molecule has 0 fully saturated rings. The van der Waals surface area contributed by atoms with Crippen LogP contribution in [-0.2, 0) is 6.54 Å². The number of fused-ring (bicyclic) bond motifs is 1. The van der Waals surface area contributed by atoms with Crippen LogP contribution in [0.2, 0.25) is 0 Å². The highest BCUT2D eigenvalue weighted by Gasteiger charge is 2.33. The summed E-state index contributed by atoms with van der Waals surface area (Å²) in [6, 6.07) is 9.53. The third-order valence-corrected chi connectivity index (χ3v) is 5.44. The number of aryl methyl sites for hydroxylation is 1. The SMILES string of the molecule is COc1ccc(F)c2c1cc(C)n2CCNc1cc(-c2ccc(C(=O)O)c(OC(F)(F)F)c2)ncn1. The fraction of sp³-hybridized carbons (Fsp3) is 0.208. The van der Waals surface area contributed by atoms with Crippen molar-refractivity contribution < 1.29 is 36.9 Å². The minimum absolute atomic E-state index is 0.200. The summed E-state index contributed by atoms with van der Waals surface area (Å²) >= 11 is 0. The Morgan fingerprint density at radius 2 is 1.89 bits per heavy atom. The Morgan fingerprint density at radius 1 is 1.11 bits per heavy atom. The molecule has 0 aliphatic carbocycles. The molecule has 0 aliphatic rings. The Kier molecular flexibility index (Phi) is 6.69. The summed E-state index contributed by atoms with van der Waals surface area (Å²) in [4.78, 5) is 19.4. The number of nitrogens with zero attached hydrogens (tertiary/aromatic N) is 3. The smallest absolute Gasteiger partial charge is 0.496 e. The van der Waals surface area contributed by atoms with Gasteiger partial charge in [0, 0.05) is 35.8 Å². The first kappa shape index (κ1) is 24.8. The Hall–Kier alpha value is -4.35. The van der Waals surface area contributed by atoms with Crippen LogP contribution >= 0.6 is 0 Å². The van der Waals surface area contributed by atoms with Gasteiger partial charge in [0.05, 0.1) is 18.3 Å². The van der Waals surface area contributed by atoms with E-state index >= 15 is 0 Å². The molecule has 0 saturated heterocycles. The van der Waals surface area contributed by atoms with Crippen molar-refractivity contribution in [2.24, 2.45) is 0 Å². The predicted octanol–water partition coefficient (Wildman–Crippen LogP) is 5.26. The molecule has 0 bridgehead atoms. The van der Waals surface area contributed by atoms with Crippen molar-refractivity contribution in [2.75, 3.05) is 19.0 Å². The van der Waals surface area contributed by atoms with Gasteiger partial charge in [-0.15, -0.1) is 13.2 Å². The second-order valence-electron chi connectivity index (χ2n) is 7.73. The minimum atomic E-state index is -5.06. The third-order valence-electron chi connectivity index (χ3n) is 5.44. The maximum Gasteiger partial charge on any atom is 0.573 e. The maximum absolute atomic E-state index is 14.5. The summed E-state index contributed by atoms with van der Waals surface area (Å²) in [7, 11) is 1.51. The molecule has 0 radical (unpaired) electrons. The van der Waals surface area contributed by atoms with Crippen LogP contribution in [-0.4, -0.2) is 45.6 Å². The lowest BCUT2D eigenvalue weighted by Crippen LogP contribution is -2.19. The van der Waals surface area contributed by atoms with Crippen molar-refractivity contribution in [2.45, 2.75) is 19.8 Å². The van der Waals surface area contributed by atoms with Gasteiger partial charge in [0.15, 0.2) is 0 Å². The van der Waals surface area contributed by atoms with E-state index in [0.717, 1.165) is 17.8 Å². The molecule has 2 aromatic heterocycles. The van der Waals surface area contributed by atoms with Gasteiger partial charge in [0.25, 0.3) is 0 Å². The van der Waals surface area contributed by atoms with E-state index in [1.165, 1.54) is 31.6 Å². The van der Waals surface area contributed by atoms with Crippen molar-refractivity contribution >= 4 is 22.7 Å². The summed E-state index contributed by atoms with van der Waals surface area (Å²) < 4.78 is 63.8. The number of alkyl halides is 3. The van der Waals surface area contributed by atoms with E-state index in [1.54, 1.807) is 10.6 Å². The number of rotatable bonds is 8. The van der Waals surface area contributed by atoms with Crippen LogP contribution in [0.15, 0.2) is 48.8 Å². The van der Waals surface area contributed by atoms with Gasteiger partial charge in [-0.25, -0.2) is 19.2 Å². The standard InChI is InChI=1S/C24H20F4N4O4/c1-13-9-16-19(35-2)6-5-17(25)22(16)32(13)8-7-29-21-11-18(30-12-31-21)14-3-4-15(23(33)34)20(10-14)36-24(26,27)28/h3-6,9-12H,7-8H2,1-2H3,(H,33,34)(H,29,30,31). The minimum Gasteiger partial charge on any atom is -0.496 e. The highest BCUT2D eigenvalue weighted by atomic mass is 19.4. The predicted molar refractivity (Wildman–Crippen MR) is 123 cm³/mol. The number of benzene rings is 2. The Balaban J connectivity index is 1.54. The number of nitrogens with one attached hydrogen (secondary N) is 1. The number of aromatic carboxylic acids is 1. The lowest BCUT2D eigenvalue weighted by molar-refractivity contribution is -0.274. The molecule has 188 valence electrons. The Labute approximate surface area is 202 Å². The Bertz CT molecular complexity index is 1440. The highest BCUT2D eigenvalue weighted by molar-refractivity contribution is 5.92. The first-order valence-corrected chi connectivity index (χ1v) is 10.6. The van der Waals surface area contributed by atoms with Gasteiger partial charge in [0.2, 0.25) is 0 Å². The number of anilines is 1. The fourth-order valence-electron chi connectivity index (χ4n) is 3.88. The van der Waals surface area contributed by atoms with E-state index in [2.05, 4.69) is 20.0 Å². The molecule has 36 heavy (non-hydrogen) atoms. The Morgan fingerprint density at radius 3 is 2.58 bits per heavy atom. The molecule has 2 N–H and O–H groups in total. The number of hydrogen-bond donors (Lipinski definition) is 2. The summed E-state index contributed by atoms with van der Waals surface area (Å²) in [5.41, 5.74) is 1.05. The van der Waals surface area contributed by atoms with Gasteiger partial charge in [-0.3, -0.25) is 0 Å². The van der Waals surface area contributed by atoms with Crippen LogP contribution < -0.4 is 14.8 Å². The van der Waals surface area contributed by atoms with E-state index in [1.807, 2.05) is 13.0 Å². The first-order valence-electron chi connectivity index (χ1n) is 10.6. The van der Waals surface area contributed by atoms with Gasteiger partial charge in [-0.2, -0.15) is 0 Å². The number of carbonyl (C=O) groups is 1. The van der Waals surface area contributed by atoms with Crippen LogP contribution in [0.3, 0.4) is 0 Å². The van der Waals surface area contributed by atoms with Crippen molar-refractivity contribution in [1.29, 1.82) is 0 Å². The summed E-state index contributed by atoms with van der Waals surface area (Å²) in [5, 5.41) is 12.9. The molecule has 2 heterocycles. The number of hydrogen-bond acceptors (Lipinski definition) is 6. The third kappa shape index (κ3) is 5.16. The van der Waals surface area contributed by atoms with Crippen LogP contribution in [0.5, 0.6) is 11.5 Å². The molecule has 4 rings (SSSR count). The molecule has 2 aromatic carbocycles. The van der Waals surface area contributed by atoms with Crippen molar-refractivity contribution in [3.8, 4) is 22.8 Å². The lowest BCUT2D eigenvalue weighted by Gasteiger charge is -2.13. The molecule has 0 spiro atoms. The van der Waals surface area contributed by atoms with Crippen LogP contribution in [0, 0.1) is 12.7 Å². The average molecular weight is 504 g/mol. The zero-order valence-corrected chi connectivity index (χ0v) is 19.1.